The van der Waals surface area contributed by atoms with Gasteiger partial charge in [0.1, 0.15) is 0 Å². The first-order valence-corrected chi connectivity index (χ1v) is 8.30. The van der Waals surface area contributed by atoms with Gasteiger partial charge in [0, 0.05) is 24.4 Å². The molecule has 21 heavy (non-hydrogen) atoms. The molecule has 4 heteroatoms. The monoisotopic (exact) mass is 289 g/mol. The number of likely N-dealkylation sites (tertiary alicyclic amines) is 1. The van der Waals surface area contributed by atoms with Crippen LogP contribution in [0.25, 0.3) is 0 Å². The summed E-state index contributed by atoms with van der Waals surface area (Å²) in [5, 5.41) is 3.46. The van der Waals surface area contributed by atoms with Gasteiger partial charge in [0.05, 0.1) is 13.2 Å². The Morgan fingerprint density at radius 1 is 1.24 bits per heavy atom. The molecule has 0 aliphatic carbocycles. The van der Waals surface area contributed by atoms with Crippen LogP contribution in [0.2, 0.25) is 0 Å². The van der Waals surface area contributed by atoms with Crippen molar-refractivity contribution in [2.24, 2.45) is 0 Å². The second-order valence-corrected chi connectivity index (χ2v) is 6.37. The average Bonchev–Trinajstić information content (AvgIpc) is 3.07. The minimum Gasteiger partial charge on any atom is -0.379 e. The van der Waals surface area contributed by atoms with Gasteiger partial charge in [-0.3, -0.25) is 4.98 Å². The van der Waals surface area contributed by atoms with Gasteiger partial charge < -0.3 is 15.0 Å². The van der Waals surface area contributed by atoms with Crippen molar-refractivity contribution in [3.8, 4) is 0 Å². The first-order valence-electron chi connectivity index (χ1n) is 8.30. The molecule has 0 bridgehead atoms. The fourth-order valence-corrected chi connectivity index (χ4v) is 3.57. The molecule has 0 unspecified atom stereocenters. The largest absolute Gasteiger partial charge is 0.379 e. The summed E-state index contributed by atoms with van der Waals surface area (Å²) in [5.74, 6) is 0. The van der Waals surface area contributed by atoms with Crippen LogP contribution in [0.5, 0.6) is 0 Å². The molecule has 2 saturated heterocycles. The zero-order valence-electron chi connectivity index (χ0n) is 12.9. The van der Waals surface area contributed by atoms with E-state index in [2.05, 4.69) is 21.3 Å². The van der Waals surface area contributed by atoms with E-state index in [0.717, 1.165) is 45.7 Å². The molecule has 2 aliphatic rings. The van der Waals surface area contributed by atoms with E-state index in [4.69, 9.17) is 4.74 Å². The highest BCUT2D eigenvalue weighted by molar-refractivity contribution is 5.23. The highest BCUT2D eigenvalue weighted by Gasteiger charge is 2.34. The molecule has 3 rings (SSSR count). The summed E-state index contributed by atoms with van der Waals surface area (Å²) in [6, 6.07) is 4.26. The van der Waals surface area contributed by atoms with Gasteiger partial charge in [0.25, 0.3) is 0 Å². The van der Waals surface area contributed by atoms with Crippen molar-refractivity contribution in [3.63, 3.8) is 0 Å². The molecule has 4 nitrogen and oxygen atoms in total. The van der Waals surface area contributed by atoms with Crippen LogP contribution in [0.3, 0.4) is 0 Å². The Balaban J connectivity index is 1.55. The summed E-state index contributed by atoms with van der Waals surface area (Å²) in [4.78, 5) is 6.83. The third kappa shape index (κ3) is 3.82. The molecule has 0 amide bonds. The molecule has 3 heterocycles. The minimum atomic E-state index is 0.157. The zero-order valence-corrected chi connectivity index (χ0v) is 12.9. The van der Waals surface area contributed by atoms with Crippen LogP contribution in [-0.2, 0) is 10.2 Å². The van der Waals surface area contributed by atoms with Gasteiger partial charge in [0.2, 0.25) is 0 Å². The van der Waals surface area contributed by atoms with Gasteiger partial charge in [-0.25, -0.2) is 0 Å². The average molecular weight is 289 g/mol. The number of ether oxygens (including phenoxy) is 1. The molecular weight excluding hydrogens is 262 g/mol. The predicted molar refractivity (Wildman–Crippen MR) is 84.5 cm³/mol. The van der Waals surface area contributed by atoms with Crippen molar-refractivity contribution >= 4 is 0 Å². The Morgan fingerprint density at radius 3 is 2.76 bits per heavy atom. The first kappa shape index (κ1) is 14.9. The number of nitrogens with one attached hydrogen (secondary N) is 1. The van der Waals surface area contributed by atoms with Crippen molar-refractivity contribution < 1.29 is 4.74 Å². The molecule has 0 radical (unpaired) electrons. The minimum absolute atomic E-state index is 0.157. The van der Waals surface area contributed by atoms with Crippen molar-refractivity contribution in [1.82, 2.24) is 15.2 Å². The normalized spacial score (nSPS) is 22.5. The predicted octanol–water partition coefficient (Wildman–Crippen LogP) is 1.82. The maximum atomic E-state index is 6.10. The molecule has 2 aliphatic heterocycles. The first-order chi connectivity index (χ1) is 10.4. The van der Waals surface area contributed by atoms with Crippen molar-refractivity contribution in [2.75, 3.05) is 45.9 Å². The van der Waals surface area contributed by atoms with Crippen molar-refractivity contribution in [3.05, 3.63) is 30.1 Å². The summed E-state index contributed by atoms with van der Waals surface area (Å²) in [6.07, 6.45) is 8.86. The number of rotatable bonds is 6. The molecular formula is C17H27N3O. The lowest BCUT2D eigenvalue weighted by atomic mass is 9.74. The van der Waals surface area contributed by atoms with Crippen LogP contribution in [0.4, 0.5) is 0 Å². The second kappa shape index (κ2) is 7.34. The summed E-state index contributed by atoms with van der Waals surface area (Å²) in [6.45, 7) is 7.42. The maximum absolute atomic E-state index is 6.10. The number of hydrogen-bond donors (Lipinski definition) is 1. The summed E-state index contributed by atoms with van der Waals surface area (Å²) in [7, 11) is 0. The fourth-order valence-electron chi connectivity index (χ4n) is 3.57. The Hall–Kier alpha value is -0.970. The smallest absolute Gasteiger partial charge is 0.0593 e. The van der Waals surface area contributed by atoms with Gasteiger partial charge in [0.15, 0.2) is 0 Å². The number of pyridine rings is 1. The molecule has 0 spiro atoms. The van der Waals surface area contributed by atoms with Gasteiger partial charge in [-0.15, -0.1) is 0 Å². The summed E-state index contributed by atoms with van der Waals surface area (Å²) >= 11 is 0. The van der Waals surface area contributed by atoms with Gasteiger partial charge in [-0.2, -0.15) is 0 Å². The van der Waals surface area contributed by atoms with E-state index in [1.165, 1.54) is 31.5 Å². The topological polar surface area (TPSA) is 37.4 Å². The summed E-state index contributed by atoms with van der Waals surface area (Å²) in [5.41, 5.74) is 1.50. The Morgan fingerprint density at radius 2 is 2.05 bits per heavy atom. The van der Waals surface area contributed by atoms with E-state index in [1.54, 1.807) is 0 Å². The SMILES string of the molecule is c1cncc(C2(COCCN3CCCC3)CCNCC2)c1. The van der Waals surface area contributed by atoms with Crippen LogP contribution in [0.15, 0.2) is 24.5 Å². The van der Waals surface area contributed by atoms with Crippen molar-refractivity contribution in [1.29, 1.82) is 0 Å². The lowest BCUT2D eigenvalue weighted by molar-refractivity contribution is 0.0553. The van der Waals surface area contributed by atoms with Crippen molar-refractivity contribution in [2.45, 2.75) is 31.1 Å². The standard InChI is InChI=1S/C17H27N3O/c1-2-11-20(10-1)12-13-21-15-17(5-8-18-9-6-17)16-4-3-7-19-14-16/h3-4,7,14,18H,1-2,5-6,8-13,15H2. The van der Waals surface area contributed by atoms with E-state index in [-0.39, 0.29) is 5.41 Å². The van der Waals surface area contributed by atoms with Crippen LogP contribution >= 0.6 is 0 Å². The quantitative estimate of drug-likeness (QED) is 0.811. The summed E-state index contributed by atoms with van der Waals surface area (Å²) < 4.78 is 6.10. The highest BCUT2D eigenvalue weighted by atomic mass is 16.5. The zero-order chi connectivity index (χ0) is 14.4. The Kier molecular flexibility index (Phi) is 5.22. The van der Waals surface area contributed by atoms with Crippen LogP contribution in [0, 0.1) is 0 Å². The van der Waals surface area contributed by atoms with Gasteiger partial charge >= 0.3 is 0 Å². The highest BCUT2D eigenvalue weighted by Crippen LogP contribution is 2.33. The molecule has 0 atom stereocenters. The molecule has 0 aromatic carbocycles. The van der Waals surface area contributed by atoms with E-state index >= 15 is 0 Å². The molecule has 116 valence electrons. The third-order valence-electron chi connectivity index (χ3n) is 4.96. The van der Waals surface area contributed by atoms with E-state index in [9.17, 15) is 0 Å². The number of piperidine rings is 1. The van der Waals surface area contributed by atoms with E-state index < -0.39 is 0 Å². The van der Waals surface area contributed by atoms with Gasteiger partial charge in [-0.1, -0.05) is 6.07 Å². The molecule has 1 aromatic heterocycles. The lowest BCUT2D eigenvalue weighted by Crippen LogP contribution is -2.43. The Labute approximate surface area is 127 Å². The maximum Gasteiger partial charge on any atom is 0.0593 e. The van der Waals surface area contributed by atoms with E-state index in [0.29, 0.717) is 0 Å². The number of nitrogens with zero attached hydrogens (tertiary/aromatic N) is 2. The van der Waals surface area contributed by atoms with Crippen LogP contribution < -0.4 is 5.32 Å². The van der Waals surface area contributed by atoms with Crippen LogP contribution in [0.1, 0.15) is 31.2 Å². The van der Waals surface area contributed by atoms with Gasteiger partial charge in [-0.05, 0) is 63.5 Å². The van der Waals surface area contributed by atoms with Crippen LogP contribution in [-0.4, -0.2) is 55.8 Å². The fraction of sp³-hybridized carbons (Fsp3) is 0.706. The number of hydrogen-bond acceptors (Lipinski definition) is 4. The lowest BCUT2D eigenvalue weighted by Gasteiger charge is -2.37. The second-order valence-electron chi connectivity index (χ2n) is 6.37. The number of aromatic nitrogens is 1. The molecule has 2 fully saturated rings. The Bertz CT molecular complexity index is 411. The molecule has 0 saturated carbocycles. The molecule has 1 aromatic rings. The molecule has 1 N–H and O–H groups in total. The third-order valence-corrected chi connectivity index (χ3v) is 4.96. The van der Waals surface area contributed by atoms with E-state index in [1.807, 2.05) is 18.5 Å².